The maximum atomic E-state index is 12.2. The normalized spacial score (nSPS) is 10.5. The number of hydrogen-bond donors (Lipinski definition) is 2. The molecular formula is C19H21NO4S. The molecule has 0 fully saturated rings. The van der Waals surface area contributed by atoms with E-state index in [0.717, 1.165) is 15.3 Å². The summed E-state index contributed by atoms with van der Waals surface area (Å²) in [5.74, 6) is -1.15. The van der Waals surface area contributed by atoms with Gasteiger partial charge < -0.3 is 10.4 Å². The summed E-state index contributed by atoms with van der Waals surface area (Å²) in [6.45, 7) is 4.28. The molecule has 25 heavy (non-hydrogen) atoms. The third-order valence-corrected chi connectivity index (χ3v) is 4.80. The fourth-order valence-corrected chi connectivity index (χ4v) is 3.51. The lowest BCUT2D eigenvalue weighted by Crippen LogP contribution is -2.26. The molecule has 0 atom stereocenters. The Morgan fingerprint density at radius 1 is 1.12 bits per heavy atom. The van der Waals surface area contributed by atoms with Gasteiger partial charge in [0.25, 0.3) is 0 Å². The number of carboxylic acid groups (broad SMARTS) is 1. The Hall–Kier alpha value is -2.47. The lowest BCUT2D eigenvalue weighted by molar-refractivity contribution is -0.121. The molecule has 1 aromatic heterocycles. The van der Waals surface area contributed by atoms with Crippen LogP contribution >= 0.6 is 11.3 Å². The molecule has 6 heteroatoms. The van der Waals surface area contributed by atoms with Gasteiger partial charge in [0.15, 0.2) is 5.78 Å². The van der Waals surface area contributed by atoms with Crippen LogP contribution in [-0.4, -0.2) is 29.3 Å². The zero-order valence-electron chi connectivity index (χ0n) is 14.3. The number of carbonyl (C=O) groups is 3. The first-order valence-electron chi connectivity index (χ1n) is 8.06. The van der Waals surface area contributed by atoms with Crippen molar-refractivity contribution in [2.75, 3.05) is 6.54 Å². The first-order valence-corrected chi connectivity index (χ1v) is 8.87. The van der Waals surface area contributed by atoms with Crippen LogP contribution in [0.25, 0.3) is 0 Å². The number of amides is 1. The molecule has 5 nitrogen and oxygen atoms in total. The van der Waals surface area contributed by atoms with Crippen LogP contribution in [0.15, 0.2) is 30.3 Å². The largest absolute Gasteiger partial charge is 0.478 e. The Morgan fingerprint density at radius 2 is 1.88 bits per heavy atom. The molecule has 1 heterocycles. The van der Waals surface area contributed by atoms with Crippen molar-refractivity contribution in [2.45, 2.75) is 33.1 Å². The zero-order valence-corrected chi connectivity index (χ0v) is 15.1. The highest BCUT2D eigenvalue weighted by atomic mass is 32.1. The van der Waals surface area contributed by atoms with Crippen molar-refractivity contribution in [3.05, 3.63) is 56.8 Å². The van der Waals surface area contributed by atoms with Crippen molar-refractivity contribution in [1.82, 2.24) is 5.32 Å². The van der Waals surface area contributed by atoms with E-state index in [1.165, 1.54) is 6.07 Å². The summed E-state index contributed by atoms with van der Waals surface area (Å²) >= 11 is 1.58. The average Bonchev–Trinajstić information content (AvgIpc) is 2.91. The van der Waals surface area contributed by atoms with E-state index in [4.69, 9.17) is 5.11 Å². The van der Waals surface area contributed by atoms with Crippen molar-refractivity contribution >= 4 is 29.0 Å². The summed E-state index contributed by atoms with van der Waals surface area (Å²) in [5, 5.41) is 11.7. The standard InChI is InChI=1S/C19H21NO4S/c1-12-10-16(13(2)25-12)17(21)6-7-18(22)20-9-8-14-4-3-5-15(11-14)19(23)24/h3-5,10-11H,6-9H2,1-2H3,(H,20,22)(H,23,24). The van der Waals surface area contributed by atoms with Crippen molar-refractivity contribution in [3.63, 3.8) is 0 Å². The first kappa shape index (κ1) is 18.9. The highest BCUT2D eigenvalue weighted by molar-refractivity contribution is 7.12. The molecule has 2 aromatic rings. The summed E-state index contributed by atoms with van der Waals surface area (Å²) < 4.78 is 0. The van der Waals surface area contributed by atoms with E-state index >= 15 is 0 Å². The minimum absolute atomic E-state index is 0.00819. The number of carbonyl (C=O) groups excluding carboxylic acids is 2. The number of ketones is 1. The van der Waals surface area contributed by atoms with Crippen LogP contribution in [0.4, 0.5) is 0 Å². The molecular weight excluding hydrogens is 338 g/mol. The molecule has 1 amide bonds. The molecule has 0 aliphatic rings. The summed E-state index contributed by atoms with van der Waals surface area (Å²) in [6.07, 6.45) is 0.892. The van der Waals surface area contributed by atoms with Gasteiger partial charge in [-0.2, -0.15) is 0 Å². The minimum Gasteiger partial charge on any atom is -0.478 e. The van der Waals surface area contributed by atoms with Crippen LogP contribution in [0.5, 0.6) is 0 Å². The van der Waals surface area contributed by atoms with Gasteiger partial charge in [-0.15, -0.1) is 11.3 Å². The van der Waals surface area contributed by atoms with E-state index in [9.17, 15) is 14.4 Å². The van der Waals surface area contributed by atoms with Crippen LogP contribution < -0.4 is 5.32 Å². The lowest BCUT2D eigenvalue weighted by Gasteiger charge is -2.06. The molecule has 0 unspecified atom stereocenters. The van der Waals surface area contributed by atoms with Crippen LogP contribution in [0.2, 0.25) is 0 Å². The van der Waals surface area contributed by atoms with Gasteiger partial charge in [0.2, 0.25) is 5.91 Å². The first-order chi connectivity index (χ1) is 11.9. The summed E-state index contributed by atoms with van der Waals surface area (Å²) in [7, 11) is 0. The second kappa shape index (κ2) is 8.58. The molecule has 0 saturated carbocycles. The molecule has 0 aliphatic carbocycles. The lowest BCUT2D eigenvalue weighted by atomic mass is 10.1. The summed E-state index contributed by atoms with van der Waals surface area (Å²) in [6, 6.07) is 8.51. The Morgan fingerprint density at radius 3 is 2.52 bits per heavy atom. The number of rotatable bonds is 8. The highest BCUT2D eigenvalue weighted by Crippen LogP contribution is 2.22. The number of aromatic carboxylic acids is 1. The highest BCUT2D eigenvalue weighted by Gasteiger charge is 2.13. The maximum Gasteiger partial charge on any atom is 0.335 e. The van der Waals surface area contributed by atoms with Gasteiger partial charge in [-0.05, 0) is 44.0 Å². The maximum absolute atomic E-state index is 12.2. The van der Waals surface area contributed by atoms with Crippen molar-refractivity contribution in [1.29, 1.82) is 0 Å². The molecule has 0 saturated heterocycles. The minimum atomic E-state index is -0.969. The Labute approximate surface area is 150 Å². The van der Waals surface area contributed by atoms with E-state index < -0.39 is 5.97 Å². The van der Waals surface area contributed by atoms with Gasteiger partial charge in [0.05, 0.1) is 5.56 Å². The SMILES string of the molecule is Cc1cc(C(=O)CCC(=O)NCCc2cccc(C(=O)O)c2)c(C)s1. The second-order valence-corrected chi connectivity index (χ2v) is 7.32. The van der Waals surface area contributed by atoms with E-state index in [1.807, 2.05) is 26.0 Å². The summed E-state index contributed by atoms with van der Waals surface area (Å²) in [5.41, 5.74) is 1.79. The number of thiophene rings is 1. The number of carboxylic acids is 1. The van der Waals surface area contributed by atoms with Crippen molar-refractivity contribution < 1.29 is 19.5 Å². The molecule has 2 rings (SSSR count). The fourth-order valence-electron chi connectivity index (χ4n) is 2.56. The van der Waals surface area contributed by atoms with E-state index in [1.54, 1.807) is 23.5 Å². The third-order valence-electron chi connectivity index (χ3n) is 3.83. The summed E-state index contributed by atoms with van der Waals surface area (Å²) in [4.78, 5) is 37.0. The molecule has 1 aromatic carbocycles. The number of benzene rings is 1. The molecule has 2 N–H and O–H groups in total. The van der Waals surface area contributed by atoms with Crippen LogP contribution in [-0.2, 0) is 11.2 Å². The third kappa shape index (κ3) is 5.53. The van der Waals surface area contributed by atoms with Gasteiger partial charge in [-0.1, -0.05) is 12.1 Å². The van der Waals surface area contributed by atoms with Gasteiger partial charge in [-0.25, -0.2) is 4.79 Å². The number of aryl methyl sites for hydroxylation is 2. The number of Topliss-reactive ketones (excluding diaryl/α,β-unsaturated/α-hetero) is 1. The zero-order chi connectivity index (χ0) is 18.4. The van der Waals surface area contributed by atoms with E-state index in [2.05, 4.69) is 5.32 Å². The quantitative estimate of drug-likeness (QED) is 0.708. The van der Waals surface area contributed by atoms with Crippen LogP contribution in [0.3, 0.4) is 0 Å². The molecule has 0 bridgehead atoms. The van der Waals surface area contributed by atoms with Crippen molar-refractivity contribution in [2.24, 2.45) is 0 Å². The second-order valence-electron chi connectivity index (χ2n) is 5.86. The van der Waals surface area contributed by atoms with Gasteiger partial charge in [0, 0.05) is 34.7 Å². The average molecular weight is 359 g/mol. The predicted octanol–water partition coefficient (Wildman–Crippen LogP) is 3.38. The topological polar surface area (TPSA) is 83.5 Å². The van der Waals surface area contributed by atoms with Crippen molar-refractivity contribution in [3.8, 4) is 0 Å². The molecule has 0 spiro atoms. The molecule has 132 valence electrons. The predicted molar refractivity (Wildman–Crippen MR) is 97.5 cm³/mol. The fraction of sp³-hybridized carbons (Fsp3) is 0.316. The van der Waals surface area contributed by atoms with Crippen LogP contribution in [0.1, 0.15) is 48.9 Å². The molecule has 0 radical (unpaired) electrons. The van der Waals surface area contributed by atoms with Crippen LogP contribution in [0, 0.1) is 13.8 Å². The number of nitrogens with one attached hydrogen (secondary N) is 1. The Kier molecular flexibility index (Phi) is 6.47. The van der Waals surface area contributed by atoms with Gasteiger partial charge >= 0.3 is 5.97 Å². The monoisotopic (exact) mass is 359 g/mol. The van der Waals surface area contributed by atoms with Gasteiger partial charge in [-0.3, -0.25) is 9.59 Å². The number of hydrogen-bond acceptors (Lipinski definition) is 4. The van der Waals surface area contributed by atoms with E-state index in [-0.39, 0.29) is 30.1 Å². The Balaban J connectivity index is 1.76. The smallest absolute Gasteiger partial charge is 0.335 e. The van der Waals surface area contributed by atoms with E-state index in [0.29, 0.717) is 18.5 Å². The molecule has 0 aliphatic heterocycles. The van der Waals surface area contributed by atoms with Gasteiger partial charge in [0.1, 0.15) is 0 Å². The Bertz CT molecular complexity index is 794.